The summed E-state index contributed by atoms with van der Waals surface area (Å²) in [5.74, 6) is 0.142. The fourth-order valence-corrected chi connectivity index (χ4v) is 3.27. The van der Waals surface area contributed by atoms with Gasteiger partial charge in [0.1, 0.15) is 6.04 Å². The summed E-state index contributed by atoms with van der Waals surface area (Å²) in [5, 5.41) is 7.75. The van der Waals surface area contributed by atoms with E-state index in [9.17, 15) is 9.59 Å². The average molecular weight is 359 g/mol. The number of carbonyl (C=O) groups is 2. The Hall–Kier alpha value is -2.14. The van der Waals surface area contributed by atoms with Crippen molar-refractivity contribution in [1.82, 2.24) is 10.6 Å². The van der Waals surface area contributed by atoms with Gasteiger partial charge in [-0.05, 0) is 22.9 Å². The summed E-state index contributed by atoms with van der Waals surface area (Å²) < 4.78 is 0. The maximum Gasteiger partial charge on any atom is 0.262 e. The molecule has 5 heteroatoms. The van der Waals surface area contributed by atoms with E-state index in [1.165, 1.54) is 11.3 Å². The highest BCUT2D eigenvalue weighted by molar-refractivity contribution is 7.12. The normalized spacial score (nSPS) is 12.0. The summed E-state index contributed by atoms with van der Waals surface area (Å²) >= 11 is 1.37. The smallest absolute Gasteiger partial charge is 0.262 e. The lowest BCUT2D eigenvalue weighted by Gasteiger charge is -2.20. The zero-order chi connectivity index (χ0) is 18.1. The van der Waals surface area contributed by atoms with E-state index < -0.39 is 6.04 Å². The first-order chi connectivity index (χ1) is 12.1. The van der Waals surface area contributed by atoms with Crippen molar-refractivity contribution in [3.05, 3.63) is 58.3 Å². The van der Waals surface area contributed by atoms with E-state index in [1.54, 1.807) is 6.07 Å². The van der Waals surface area contributed by atoms with Gasteiger partial charge in [-0.3, -0.25) is 9.59 Å². The Bertz CT molecular complexity index is 652. The fourth-order valence-electron chi connectivity index (χ4n) is 2.64. The van der Waals surface area contributed by atoms with Crippen LogP contribution in [0.25, 0.3) is 0 Å². The van der Waals surface area contributed by atoms with Crippen molar-refractivity contribution >= 4 is 23.2 Å². The predicted molar refractivity (Wildman–Crippen MR) is 103 cm³/mol. The largest absolute Gasteiger partial charge is 0.354 e. The van der Waals surface area contributed by atoms with Gasteiger partial charge in [-0.15, -0.1) is 11.3 Å². The molecule has 0 aliphatic heterocycles. The van der Waals surface area contributed by atoms with Crippen LogP contribution in [0.4, 0.5) is 0 Å². The molecule has 1 aromatic heterocycles. The molecule has 2 rings (SSSR count). The zero-order valence-electron chi connectivity index (χ0n) is 14.8. The van der Waals surface area contributed by atoms with Crippen LogP contribution in [0.5, 0.6) is 0 Å². The maximum absolute atomic E-state index is 12.7. The van der Waals surface area contributed by atoms with Gasteiger partial charge in [0, 0.05) is 13.0 Å². The number of benzene rings is 1. The van der Waals surface area contributed by atoms with Gasteiger partial charge < -0.3 is 10.6 Å². The third-order valence-corrected chi connectivity index (χ3v) is 5.24. The van der Waals surface area contributed by atoms with Crippen molar-refractivity contribution in [2.24, 2.45) is 5.92 Å². The highest BCUT2D eigenvalue weighted by atomic mass is 32.1. The molecule has 2 N–H and O–H groups in total. The molecule has 0 aliphatic rings. The number of thiophene rings is 1. The van der Waals surface area contributed by atoms with E-state index in [0.29, 0.717) is 23.8 Å². The molecule has 1 heterocycles. The van der Waals surface area contributed by atoms with E-state index in [2.05, 4.69) is 24.5 Å². The Morgan fingerprint density at radius 1 is 1.04 bits per heavy atom. The molecule has 0 fully saturated rings. The van der Waals surface area contributed by atoms with Crippen LogP contribution in [0, 0.1) is 5.92 Å². The second-order valence-corrected chi connectivity index (χ2v) is 7.07. The predicted octanol–water partition coefficient (Wildman–Crippen LogP) is 3.64. The van der Waals surface area contributed by atoms with Crippen molar-refractivity contribution in [2.45, 2.75) is 39.2 Å². The molecule has 25 heavy (non-hydrogen) atoms. The molecule has 1 aromatic carbocycles. The maximum atomic E-state index is 12.7. The van der Waals surface area contributed by atoms with Gasteiger partial charge in [-0.2, -0.15) is 0 Å². The molecule has 4 nitrogen and oxygen atoms in total. The van der Waals surface area contributed by atoms with Crippen LogP contribution in [0.15, 0.2) is 47.8 Å². The van der Waals surface area contributed by atoms with E-state index >= 15 is 0 Å². The first-order valence-corrected chi connectivity index (χ1v) is 9.68. The molecule has 134 valence electrons. The highest BCUT2D eigenvalue weighted by Gasteiger charge is 2.22. The van der Waals surface area contributed by atoms with Crippen LogP contribution < -0.4 is 10.6 Å². The first kappa shape index (κ1) is 19.2. The summed E-state index contributed by atoms with van der Waals surface area (Å²) in [6, 6.07) is 12.8. The molecule has 1 atom stereocenters. The van der Waals surface area contributed by atoms with Gasteiger partial charge in [-0.25, -0.2) is 0 Å². The molecule has 0 spiro atoms. The Balaban J connectivity index is 2.05. The van der Waals surface area contributed by atoms with Crippen molar-refractivity contribution in [3.8, 4) is 0 Å². The summed E-state index contributed by atoms with van der Waals surface area (Å²) in [7, 11) is 0. The summed E-state index contributed by atoms with van der Waals surface area (Å²) in [6.45, 7) is 4.90. The van der Waals surface area contributed by atoms with Crippen molar-refractivity contribution in [3.63, 3.8) is 0 Å². The van der Waals surface area contributed by atoms with E-state index in [-0.39, 0.29) is 11.8 Å². The SMILES string of the molecule is CCC(CC)CNC(=O)C(Cc1ccccc1)NC(=O)c1cccs1. The summed E-state index contributed by atoms with van der Waals surface area (Å²) in [4.78, 5) is 25.7. The van der Waals surface area contributed by atoms with Crippen LogP contribution in [0.2, 0.25) is 0 Å². The van der Waals surface area contributed by atoms with Gasteiger partial charge in [0.15, 0.2) is 0 Å². The summed E-state index contributed by atoms with van der Waals surface area (Å²) in [5.41, 5.74) is 1.02. The molecule has 1 unspecified atom stereocenters. The zero-order valence-corrected chi connectivity index (χ0v) is 15.6. The third kappa shape index (κ3) is 6.02. The van der Waals surface area contributed by atoms with Crippen LogP contribution >= 0.6 is 11.3 Å². The van der Waals surface area contributed by atoms with Crippen LogP contribution in [-0.4, -0.2) is 24.4 Å². The molecule has 0 bridgehead atoms. The molecule has 0 radical (unpaired) electrons. The quantitative estimate of drug-likeness (QED) is 0.719. The number of hydrogen-bond acceptors (Lipinski definition) is 3. The topological polar surface area (TPSA) is 58.2 Å². The van der Waals surface area contributed by atoms with Crippen LogP contribution in [0.3, 0.4) is 0 Å². The molecule has 0 saturated carbocycles. The summed E-state index contributed by atoms with van der Waals surface area (Å²) in [6.07, 6.45) is 2.54. The lowest BCUT2D eigenvalue weighted by molar-refractivity contribution is -0.123. The number of carbonyl (C=O) groups excluding carboxylic acids is 2. The number of rotatable bonds is 9. The second kappa shape index (κ2) is 9.99. The molecular weight excluding hydrogens is 332 g/mol. The van der Waals surface area contributed by atoms with E-state index in [0.717, 1.165) is 18.4 Å². The third-order valence-electron chi connectivity index (χ3n) is 4.37. The van der Waals surface area contributed by atoms with Gasteiger partial charge in [0.2, 0.25) is 5.91 Å². The monoisotopic (exact) mass is 358 g/mol. The van der Waals surface area contributed by atoms with Crippen LogP contribution in [0.1, 0.15) is 41.9 Å². The Kier molecular flexibility index (Phi) is 7.67. The highest BCUT2D eigenvalue weighted by Crippen LogP contribution is 2.11. The second-order valence-electron chi connectivity index (χ2n) is 6.12. The Labute approximate surface area is 153 Å². The minimum Gasteiger partial charge on any atom is -0.354 e. The number of amides is 2. The number of nitrogens with one attached hydrogen (secondary N) is 2. The lowest BCUT2D eigenvalue weighted by atomic mass is 10.0. The van der Waals surface area contributed by atoms with Crippen molar-refractivity contribution in [2.75, 3.05) is 6.54 Å². The molecular formula is C20H26N2O2S. The van der Waals surface area contributed by atoms with Gasteiger partial charge in [0.25, 0.3) is 5.91 Å². The Morgan fingerprint density at radius 3 is 2.36 bits per heavy atom. The van der Waals surface area contributed by atoms with Gasteiger partial charge in [0.05, 0.1) is 4.88 Å². The molecule has 0 aliphatic carbocycles. The first-order valence-electron chi connectivity index (χ1n) is 8.80. The fraction of sp³-hybridized carbons (Fsp3) is 0.400. The van der Waals surface area contributed by atoms with Crippen molar-refractivity contribution in [1.29, 1.82) is 0 Å². The molecule has 0 saturated heterocycles. The number of hydrogen-bond donors (Lipinski definition) is 2. The van der Waals surface area contributed by atoms with Gasteiger partial charge >= 0.3 is 0 Å². The van der Waals surface area contributed by atoms with Crippen LogP contribution in [-0.2, 0) is 11.2 Å². The molecule has 2 aromatic rings. The minimum absolute atomic E-state index is 0.124. The van der Waals surface area contributed by atoms with Gasteiger partial charge in [-0.1, -0.05) is 63.1 Å². The van der Waals surface area contributed by atoms with Crippen molar-refractivity contribution < 1.29 is 9.59 Å². The molecule has 2 amide bonds. The van der Waals surface area contributed by atoms with E-state index in [4.69, 9.17) is 0 Å². The lowest BCUT2D eigenvalue weighted by Crippen LogP contribution is -2.48. The average Bonchev–Trinajstić information content (AvgIpc) is 3.17. The minimum atomic E-state index is -0.577. The standard InChI is InChI=1S/C20H26N2O2S/c1-3-15(4-2)14-21-19(23)17(13-16-9-6-5-7-10-16)22-20(24)18-11-8-12-25-18/h5-12,15,17H,3-4,13-14H2,1-2H3,(H,21,23)(H,22,24). The Morgan fingerprint density at radius 2 is 1.76 bits per heavy atom. The van der Waals surface area contributed by atoms with E-state index in [1.807, 2.05) is 41.8 Å².